The summed E-state index contributed by atoms with van der Waals surface area (Å²) in [6, 6.07) is 21.0. The number of thioether (sulfide) groups is 1. The fourth-order valence-corrected chi connectivity index (χ4v) is 3.42. The summed E-state index contributed by atoms with van der Waals surface area (Å²) >= 11 is 1.29. The molecule has 0 aliphatic heterocycles. The molecule has 0 saturated heterocycles. The number of rotatable bonds is 7. The Morgan fingerprint density at radius 3 is 2.52 bits per heavy atom. The second-order valence-electron chi connectivity index (χ2n) is 5.70. The van der Waals surface area contributed by atoms with E-state index >= 15 is 0 Å². The summed E-state index contributed by atoms with van der Waals surface area (Å²) in [4.78, 5) is 14.7. The number of hydrogen-bond donors (Lipinski definition) is 0. The van der Waals surface area contributed by atoms with E-state index in [0.717, 1.165) is 11.4 Å². The number of para-hydroxylation sites is 2. The lowest BCUT2D eigenvalue weighted by Crippen LogP contribution is -2.37. The van der Waals surface area contributed by atoms with Gasteiger partial charge in [-0.25, -0.2) is 0 Å². The Balaban J connectivity index is 1.79. The van der Waals surface area contributed by atoms with Crippen molar-refractivity contribution < 1.29 is 4.79 Å². The highest BCUT2D eigenvalue weighted by atomic mass is 32.2. The van der Waals surface area contributed by atoms with Crippen molar-refractivity contribution in [2.45, 2.75) is 23.8 Å². The Labute approximate surface area is 161 Å². The molecule has 3 aromatic rings. The van der Waals surface area contributed by atoms with Gasteiger partial charge in [0, 0.05) is 12.2 Å². The lowest BCUT2D eigenvalue weighted by Gasteiger charge is -2.24. The van der Waals surface area contributed by atoms with E-state index in [1.54, 1.807) is 9.58 Å². The molecule has 0 radical (unpaired) electrons. The molecule has 27 heavy (non-hydrogen) atoms. The summed E-state index contributed by atoms with van der Waals surface area (Å²) in [5.74, 6) is -0.0935. The van der Waals surface area contributed by atoms with Crippen LogP contribution in [0.25, 0.3) is 5.69 Å². The molecule has 0 aliphatic carbocycles. The standard InChI is InChI=1S/C19H18N6OS/c1-15(18(26)24(14-8-13-20)16-9-4-2-5-10-16)27-19-21-22-23-25(19)17-11-6-3-7-12-17/h2-7,9-12,15H,8,14H2,1H3. The molecule has 0 aliphatic rings. The van der Waals surface area contributed by atoms with Gasteiger partial charge in [0.1, 0.15) is 0 Å². The average Bonchev–Trinajstić information content (AvgIpc) is 3.17. The van der Waals surface area contributed by atoms with Crippen LogP contribution >= 0.6 is 11.8 Å². The molecule has 3 rings (SSSR count). The maximum Gasteiger partial charge on any atom is 0.240 e. The highest BCUT2D eigenvalue weighted by Gasteiger charge is 2.25. The zero-order valence-corrected chi connectivity index (χ0v) is 15.6. The summed E-state index contributed by atoms with van der Waals surface area (Å²) in [5, 5.41) is 20.9. The van der Waals surface area contributed by atoms with Crippen LogP contribution in [0.15, 0.2) is 65.8 Å². The normalized spacial score (nSPS) is 11.6. The number of amides is 1. The zero-order chi connectivity index (χ0) is 19.1. The van der Waals surface area contributed by atoms with E-state index in [1.807, 2.05) is 67.6 Å². The first-order chi connectivity index (χ1) is 13.2. The highest BCUT2D eigenvalue weighted by molar-refractivity contribution is 8.00. The number of anilines is 1. The van der Waals surface area contributed by atoms with Crippen molar-refractivity contribution in [3.8, 4) is 11.8 Å². The monoisotopic (exact) mass is 378 g/mol. The van der Waals surface area contributed by atoms with Crippen LogP contribution < -0.4 is 4.90 Å². The minimum atomic E-state index is -0.419. The predicted molar refractivity (Wildman–Crippen MR) is 103 cm³/mol. The molecule has 1 aromatic heterocycles. The van der Waals surface area contributed by atoms with E-state index in [4.69, 9.17) is 5.26 Å². The Hall–Kier alpha value is -3.18. The van der Waals surface area contributed by atoms with Crippen molar-refractivity contribution in [1.29, 1.82) is 5.26 Å². The first kappa shape index (κ1) is 18.6. The number of benzene rings is 2. The van der Waals surface area contributed by atoms with Crippen LogP contribution in [-0.2, 0) is 4.79 Å². The number of carbonyl (C=O) groups is 1. The minimum absolute atomic E-state index is 0.0935. The van der Waals surface area contributed by atoms with Gasteiger partial charge in [-0.05, 0) is 41.6 Å². The second-order valence-corrected chi connectivity index (χ2v) is 7.01. The molecule has 0 spiro atoms. The maximum atomic E-state index is 13.0. The van der Waals surface area contributed by atoms with Crippen molar-refractivity contribution in [3.63, 3.8) is 0 Å². The van der Waals surface area contributed by atoms with Crippen molar-refractivity contribution in [2.75, 3.05) is 11.4 Å². The Morgan fingerprint density at radius 2 is 1.85 bits per heavy atom. The third-order valence-electron chi connectivity index (χ3n) is 3.85. The number of hydrogen-bond acceptors (Lipinski definition) is 6. The number of carbonyl (C=O) groups excluding carboxylic acids is 1. The largest absolute Gasteiger partial charge is 0.310 e. The van der Waals surface area contributed by atoms with Gasteiger partial charge in [-0.1, -0.05) is 48.2 Å². The van der Waals surface area contributed by atoms with Gasteiger partial charge in [0.05, 0.1) is 23.4 Å². The van der Waals surface area contributed by atoms with Crippen LogP contribution in [0.2, 0.25) is 0 Å². The Morgan fingerprint density at radius 1 is 1.19 bits per heavy atom. The van der Waals surface area contributed by atoms with E-state index in [1.165, 1.54) is 11.8 Å². The van der Waals surface area contributed by atoms with Gasteiger partial charge in [-0.2, -0.15) is 9.94 Å². The topological polar surface area (TPSA) is 87.7 Å². The maximum absolute atomic E-state index is 13.0. The summed E-state index contributed by atoms with van der Waals surface area (Å²) in [5.41, 5.74) is 1.60. The molecule has 1 heterocycles. The van der Waals surface area contributed by atoms with Crippen molar-refractivity contribution in [1.82, 2.24) is 20.2 Å². The van der Waals surface area contributed by atoms with Crippen LogP contribution in [0.3, 0.4) is 0 Å². The third-order valence-corrected chi connectivity index (χ3v) is 4.87. The molecular weight excluding hydrogens is 360 g/mol. The highest BCUT2D eigenvalue weighted by Crippen LogP contribution is 2.26. The van der Waals surface area contributed by atoms with Crippen molar-refractivity contribution in [3.05, 3.63) is 60.7 Å². The van der Waals surface area contributed by atoms with Crippen LogP contribution in [-0.4, -0.2) is 37.9 Å². The molecule has 8 heteroatoms. The molecule has 136 valence electrons. The quantitative estimate of drug-likeness (QED) is 0.587. The van der Waals surface area contributed by atoms with Crippen LogP contribution in [0.4, 0.5) is 5.69 Å². The lowest BCUT2D eigenvalue weighted by molar-refractivity contribution is -0.117. The number of nitrogens with zero attached hydrogens (tertiary/aromatic N) is 6. The van der Waals surface area contributed by atoms with E-state index in [0.29, 0.717) is 11.7 Å². The van der Waals surface area contributed by atoms with Crippen molar-refractivity contribution >= 4 is 23.4 Å². The first-order valence-electron chi connectivity index (χ1n) is 8.44. The molecule has 7 nitrogen and oxygen atoms in total. The molecule has 1 atom stereocenters. The van der Waals surface area contributed by atoms with E-state index in [-0.39, 0.29) is 12.3 Å². The van der Waals surface area contributed by atoms with Gasteiger partial charge in [0.15, 0.2) is 0 Å². The summed E-state index contributed by atoms with van der Waals surface area (Å²) in [6.45, 7) is 2.16. The number of aromatic nitrogens is 4. The summed E-state index contributed by atoms with van der Waals surface area (Å²) in [7, 11) is 0. The smallest absolute Gasteiger partial charge is 0.240 e. The van der Waals surface area contributed by atoms with Gasteiger partial charge < -0.3 is 4.90 Å². The molecule has 0 saturated carbocycles. The fourth-order valence-electron chi connectivity index (χ4n) is 2.55. The van der Waals surface area contributed by atoms with E-state index < -0.39 is 5.25 Å². The van der Waals surface area contributed by atoms with Crippen LogP contribution in [0.5, 0.6) is 0 Å². The molecule has 0 bridgehead atoms. The third kappa shape index (κ3) is 4.51. The van der Waals surface area contributed by atoms with Crippen molar-refractivity contribution in [2.24, 2.45) is 0 Å². The SMILES string of the molecule is CC(Sc1nnnn1-c1ccccc1)C(=O)N(CCC#N)c1ccccc1. The van der Waals surface area contributed by atoms with E-state index in [9.17, 15) is 4.79 Å². The van der Waals surface area contributed by atoms with Gasteiger partial charge in [0.25, 0.3) is 0 Å². The minimum Gasteiger partial charge on any atom is -0.310 e. The van der Waals surface area contributed by atoms with Gasteiger partial charge in [-0.15, -0.1) is 5.10 Å². The second kappa shape index (κ2) is 8.96. The lowest BCUT2D eigenvalue weighted by atomic mass is 10.2. The van der Waals surface area contributed by atoms with Gasteiger partial charge >= 0.3 is 0 Å². The predicted octanol–water partition coefficient (Wildman–Crippen LogP) is 3.09. The summed E-state index contributed by atoms with van der Waals surface area (Å²) in [6.07, 6.45) is 0.264. The van der Waals surface area contributed by atoms with Gasteiger partial charge in [-0.3, -0.25) is 4.79 Å². The molecular formula is C19H18N6OS. The molecule has 1 amide bonds. The van der Waals surface area contributed by atoms with Gasteiger partial charge in [0.2, 0.25) is 11.1 Å². The van der Waals surface area contributed by atoms with E-state index in [2.05, 4.69) is 21.6 Å². The molecule has 1 unspecified atom stereocenters. The number of tetrazole rings is 1. The van der Waals surface area contributed by atoms with Crippen LogP contribution in [0.1, 0.15) is 13.3 Å². The van der Waals surface area contributed by atoms with Crippen LogP contribution in [0, 0.1) is 11.3 Å². The zero-order valence-electron chi connectivity index (χ0n) is 14.8. The summed E-state index contributed by atoms with van der Waals surface area (Å²) < 4.78 is 1.61. The Kier molecular flexibility index (Phi) is 6.18. The molecule has 2 aromatic carbocycles. The Bertz CT molecular complexity index is 922. The number of nitriles is 1. The molecule has 0 N–H and O–H groups in total. The fraction of sp³-hybridized carbons (Fsp3) is 0.211. The first-order valence-corrected chi connectivity index (χ1v) is 9.32. The average molecular weight is 378 g/mol. The molecule has 0 fully saturated rings.